The molecule has 0 aliphatic heterocycles. The smallest absolute Gasteiger partial charge is 0.194 e. The van der Waals surface area contributed by atoms with E-state index < -0.39 is 0 Å². The molecule has 0 atom stereocenters. The zero-order valence-corrected chi connectivity index (χ0v) is 15.3. The second-order valence-corrected chi connectivity index (χ2v) is 6.97. The maximum Gasteiger partial charge on any atom is 0.194 e. The van der Waals surface area contributed by atoms with Crippen LogP contribution in [0.25, 0.3) is 22.8 Å². The van der Waals surface area contributed by atoms with Crippen molar-refractivity contribution in [1.29, 1.82) is 0 Å². The number of carbonyl (C=O) groups excluding carboxylic acids is 1. The second kappa shape index (κ2) is 6.79. The molecular weight excluding hydrogens is 340 g/mol. The third kappa shape index (κ3) is 2.78. The van der Waals surface area contributed by atoms with E-state index >= 15 is 0 Å². The van der Waals surface area contributed by atoms with Crippen LogP contribution >= 0.6 is 0 Å². The first-order valence-corrected chi connectivity index (χ1v) is 9.42. The minimum atomic E-state index is 0.0998. The Balaban J connectivity index is 1.62. The van der Waals surface area contributed by atoms with Crippen LogP contribution in [-0.2, 0) is 0 Å². The predicted octanol–water partition coefficient (Wildman–Crippen LogP) is 6.49. The second-order valence-electron chi connectivity index (χ2n) is 6.97. The molecular formula is C27H18O. The van der Waals surface area contributed by atoms with E-state index in [4.69, 9.17) is 0 Å². The summed E-state index contributed by atoms with van der Waals surface area (Å²) in [5, 5.41) is 0. The average Bonchev–Trinajstić information content (AvgIpc) is 2.78. The Hall–Kier alpha value is -3.71. The summed E-state index contributed by atoms with van der Waals surface area (Å²) in [5.41, 5.74) is 8.16. The maximum absolute atomic E-state index is 12.9. The Morgan fingerprint density at radius 1 is 0.464 bits per heavy atom. The standard InChI is InChI=1S/C27H18O/c28-27-24-12-6-4-10-22(24)26(23-11-5-7-13-25(23)27)18-19-14-16-21(17-15-19)20-8-2-1-3-9-20/h1-18H. The van der Waals surface area contributed by atoms with Crippen LogP contribution in [0.1, 0.15) is 32.6 Å². The highest BCUT2D eigenvalue weighted by Gasteiger charge is 2.25. The molecule has 0 radical (unpaired) electrons. The van der Waals surface area contributed by atoms with Gasteiger partial charge in [0.15, 0.2) is 5.78 Å². The fourth-order valence-electron chi connectivity index (χ4n) is 3.85. The lowest BCUT2D eigenvalue weighted by Crippen LogP contribution is -2.14. The average molecular weight is 358 g/mol. The van der Waals surface area contributed by atoms with Crippen LogP contribution in [0.5, 0.6) is 0 Å². The SMILES string of the molecule is O=C1c2ccccc2C(=Cc2ccc(-c3ccccc3)cc2)c2ccccc21. The van der Waals surface area contributed by atoms with E-state index in [0.29, 0.717) is 0 Å². The molecule has 4 aromatic rings. The van der Waals surface area contributed by atoms with Gasteiger partial charge in [-0.1, -0.05) is 103 Å². The first-order chi connectivity index (χ1) is 13.8. The summed E-state index contributed by atoms with van der Waals surface area (Å²) in [6.45, 7) is 0. The fourth-order valence-corrected chi connectivity index (χ4v) is 3.85. The largest absolute Gasteiger partial charge is 0.289 e. The van der Waals surface area contributed by atoms with Gasteiger partial charge in [-0.15, -0.1) is 0 Å². The zero-order valence-electron chi connectivity index (χ0n) is 15.3. The van der Waals surface area contributed by atoms with Crippen molar-refractivity contribution in [2.24, 2.45) is 0 Å². The van der Waals surface area contributed by atoms with Crippen molar-refractivity contribution in [3.05, 3.63) is 131 Å². The van der Waals surface area contributed by atoms with Crippen LogP contribution in [0.4, 0.5) is 0 Å². The third-order valence-corrected chi connectivity index (χ3v) is 5.25. The van der Waals surface area contributed by atoms with Crippen LogP contribution in [0.3, 0.4) is 0 Å². The number of hydrogen-bond acceptors (Lipinski definition) is 1. The molecule has 0 saturated carbocycles. The molecule has 0 N–H and O–H groups in total. The summed E-state index contributed by atoms with van der Waals surface area (Å²) in [6, 6.07) is 34.7. The van der Waals surface area contributed by atoms with Crippen LogP contribution in [0, 0.1) is 0 Å². The van der Waals surface area contributed by atoms with Crippen molar-refractivity contribution in [2.45, 2.75) is 0 Å². The highest BCUT2D eigenvalue weighted by molar-refractivity contribution is 6.20. The maximum atomic E-state index is 12.9. The molecule has 0 spiro atoms. The molecule has 1 aliphatic carbocycles. The van der Waals surface area contributed by atoms with Crippen molar-refractivity contribution < 1.29 is 4.79 Å². The fraction of sp³-hybridized carbons (Fsp3) is 0. The Bertz CT molecular complexity index is 1150. The lowest BCUT2D eigenvalue weighted by atomic mass is 9.80. The topological polar surface area (TPSA) is 17.1 Å². The number of ketones is 1. The summed E-state index contributed by atoms with van der Waals surface area (Å²) in [4.78, 5) is 12.9. The zero-order chi connectivity index (χ0) is 18.9. The molecule has 0 amide bonds. The molecule has 1 heteroatoms. The number of benzene rings is 4. The molecule has 0 fully saturated rings. The third-order valence-electron chi connectivity index (χ3n) is 5.25. The van der Waals surface area contributed by atoms with Gasteiger partial charge in [-0.2, -0.15) is 0 Å². The van der Waals surface area contributed by atoms with Gasteiger partial charge in [0.05, 0.1) is 0 Å². The van der Waals surface area contributed by atoms with Crippen molar-refractivity contribution >= 4 is 17.4 Å². The molecule has 0 aromatic heterocycles. The number of rotatable bonds is 2. The Labute approximate surface area is 164 Å². The van der Waals surface area contributed by atoms with Crippen molar-refractivity contribution in [2.75, 3.05) is 0 Å². The molecule has 0 saturated heterocycles. The summed E-state index contributed by atoms with van der Waals surface area (Å²) < 4.78 is 0. The molecule has 1 aliphatic rings. The summed E-state index contributed by atoms with van der Waals surface area (Å²) in [5.74, 6) is 0.0998. The van der Waals surface area contributed by atoms with E-state index in [1.807, 2.05) is 54.6 Å². The first-order valence-electron chi connectivity index (χ1n) is 9.42. The number of hydrogen-bond donors (Lipinski definition) is 0. The first kappa shape index (κ1) is 16.5. The van der Waals surface area contributed by atoms with Crippen molar-refractivity contribution in [3.63, 3.8) is 0 Å². The normalized spacial score (nSPS) is 12.3. The van der Waals surface area contributed by atoms with E-state index in [0.717, 1.165) is 33.4 Å². The predicted molar refractivity (Wildman–Crippen MR) is 115 cm³/mol. The van der Waals surface area contributed by atoms with Gasteiger partial charge in [-0.05, 0) is 39.5 Å². The minimum absolute atomic E-state index is 0.0998. The number of carbonyl (C=O) groups is 1. The highest BCUT2D eigenvalue weighted by atomic mass is 16.1. The van der Waals surface area contributed by atoms with E-state index in [1.54, 1.807) is 0 Å². The quantitative estimate of drug-likeness (QED) is 0.353. The molecule has 0 bridgehead atoms. The molecule has 1 nitrogen and oxygen atoms in total. The molecule has 0 heterocycles. The van der Waals surface area contributed by atoms with Gasteiger partial charge in [0.2, 0.25) is 0 Å². The molecule has 4 aromatic carbocycles. The van der Waals surface area contributed by atoms with Crippen LogP contribution in [0.2, 0.25) is 0 Å². The van der Waals surface area contributed by atoms with Crippen LogP contribution < -0.4 is 0 Å². The Morgan fingerprint density at radius 2 is 0.929 bits per heavy atom. The van der Waals surface area contributed by atoms with E-state index in [1.165, 1.54) is 11.1 Å². The lowest BCUT2D eigenvalue weighted by Gasteiger charge is -2.21. The van der Waals surface area contributed by atoms with E-state index in [2.05, 4.69) is 54.6 Å². The lowest BCUT2D eigenvalue weighted by molar-refractivity contribution is 0.103. The Kier molecular flexibility index (Phi) is 3.99. The molecule has 28 heavy (non-hydrogen) atoms. The summed E-state index contributed by atoms with van der Waals surface area (Å²) in [6.07, 6.45) is 2.18. The Morgan fingerprint density at radius 3 is 1.50 bits per heavy atom. The number of fused-ring (bicyclic) bond motifs is 2. The van der Waals surface area contributed by atoms with Gasteiger partial charge < -0.3 is 0 Å². The minimum Gasteiger partial charge on any atom is -0.289 e. The highest BCUT2D eigenvalue weighted by Crippen LogP contribution is 2.37. The van der Waals surface area contributed by atoms with Gasteiger partial charge in [0.25, 0.3) is 0 Å². The van der Waals surface area contributed by atoms with Gasteiger partial charge in [0.1, 0.15) is 0 Å². The summed E-state index contributed by atoms with van der Waals surface area (Å²) >= 11 is 0. The van der Waals surface area contributed by atoms with Gasteiger partial charge >= 0.3 is 0 Å². The molecule has 0 unspecified atom stereocenters. The van der Waals surface area contributed by atoms with Crippen molar-refractivity contribution in [3.8, 4) is 11.1 Å². The monoisotopic (exact) mass is 358 g/mol. The van der Waals surface area contributed by atoms with Crippen LogP contribution in [0.15, 0.2) is 103 Å². The van der Waals surface area contributed by atoms with Crippen LogP contribution in [-0.4, -0.2) is 5.78 Å². The van der Waals surface area contributed by atoms with Crippen molar-refractivity contribution in [1.82, 2.24) is 0 Å². The van der Waals surface area contributed by atoms with Gasteiger partial charge in [-0.3, -0.25) is 4.79 Å². The molecule has 132 valence electrons. The molecule has 5 rings (SSSR count). The van der Waals surface area contributed by atoms with Gasteiger partial charge in [-0.25, -0.2) is 0 Å². The van der Waals surface area contributed by atoms with Gasteiger partial charge in [0, 0.05) is 11.1 Å². The van der Waals surface area contributed by atoms with E-state index in [-0.39, 0.29) is 5.78 Å². The van der Waals surface area contributed by atoms with E-state index in [9.17, 15) is 4.79 Å². The summed E-state index contributed by atoms with van der Waals surface area (Å²) in [7, 11) is 0.